The second-order valence-electron chi connectivity index (χ2n) is 11.2. The van der Waals surface area contributed by atoms with E-state index in [1.54, 1.807) is 0 Å². The third-order valence-corrected chi connectivity index (χ3v) is 8.65. The molecule has 3 nitrogen and oxygen atoms in total. The molecule has 150 valence electrons. The Bertz CT molecular complexity index is 684. The van der Waals surface area contributed by atoms with Crippen LogP contribution < -0.4 is 0 Å². The Morgan fingerprint density at radius 1 is 1.07 bits per heavy atom. The van der Waals surface area contributed by atoms with E-state index in [-0.39, 0.29) is 22.9 Å². The Labute approximate surface area is 164 Å². The van der Waals surface area contributed by atoms with Gasteiger partial charge in [0.05, 0.1) is 5.41 Å². The van der Waals surface area contributed by atoms with Crippen LogP contribution in [-0.4, -0.2) is 17.9 Å². The molecule has 0 aliphatic heterocycles. The van der Waals surface area contributed by atoms with Crippen molar-refractivity contribution in [3.8, 4) is 0 Å². The number of carbonyl (C=O) groups is 2. The highest BCUT2D eigenvalue weighted by atomic mass is 16.5. The number of allylic oxidation sites excluding steroid dienone is 1. The average molecular weight is 373 g/mol. The molecule has 3 fully saturated rings. The van der Waals surface area contributed by atoms with Crippen LogP contribution in [-0.2, 0) is 14.3 Å². The minimum atomic E-state index is -0.435. The number of Topliss-reactive ketones (excluding diaryl/α,β-unsaturated/α-hetero) is 1. The van der Waals surface area contributed by atoms with Crippen molar-refractivity contribution in [1.29, 1.82) is 0 Å². The molecule has 0 heterocycles. The zero-order chi connectivity index (χ0) is 19.6. The fourth-order valence-corrected chi connectivity index (χ4v) is 6.83. The minimum Gasteiger partial charge on any atom is -0.462 e. The first-order valence-electron chi connectivity index (χ1n) is 11.0. The number of ketones is 1. The van der Waals surface area contributed by atoms with Crippen molar-refractivity contribution < 1.29 is 14.3 Å². The van der Waals surface area contributed by atoms with E-state index in [1.165, 1.54) is 12.0 Å². The third kappa shape index (κ3) is 2.91. The van der Waals surface area contributed by atoms with Crippen molar-refractivity contribution >= 4 is 11.8 Å². The van der Waals surface area contributed by atoms with Crippen molar-refractivity contribution in [2.24, 2.45) is 34.0 Å². The predicted octanol–water partition coefficient (Wildman–Crippen LogP) is 5.48. The van der Waals surface area contributed by atoms with Crippen LogP contribution >= 0.6 is 0 Å². The molecule has 0 aromatic heterocycles. The number of hydrogen-bond donors (Lipinski definition) is 0. The second-order valence-corrected chi connectivity index (χ2v) is 11.2. The summed E-state index contributed by atoms with van der Waals surface area (Å²) in [6.45, 7) is 10.5. The lowest BCUT2D eigenvalue weighted by Gasteiger charge is -2.57. The van der Waals surface area contributed by atoms with Gasteiger partial charge in [-0.15, -0.1) is 0 Å². The van der Waals surface area contributed by atoms with E-state index in [1.807, 2.05) is 20.8 Å². The molecular weight excluding hydrogens is 336 g/mol. The van der Waals surface area contributed by atoms with E-state index in [0.717, 1.165) is 44.9 Å². The topological polar surface area (TPSA) is 43.4 Å². The Morgan fingerprint density at radius 2 is 1.74 bits per heavy atom. The van der Waals surface area contributed by atoms with E-state index in [9.17, 15) is 9.59 Å². The fraction of sp³-hybridized carbons (Fsp3) is 0.833. The Morgan fingerprint density at radius 3 is 2.44 bits per heavy atom. The van der Waals surface area contributed by atoms with Crippen molar-refractivity contribution in [3.63, 3.8) is 0 Å². The van der Waals surface area contributed by atoms with Gasteiger partial charge < -0.3 is 4.74 Å². The molecule has 0 aromatic carbocycles. The molecule has 4 aliphatic rings. The first-order chi connectivity index (χ1) is 12.6. The summed E-state index contributed by atoms with van der Waals surface area (Å²) in [6.07, 6.45) is 10.8. The van der Waals surface area contributed by atoms with E-state index in [4.69, 9.17) is 4.74 Å². The molecule has 0 N–H and O–H groups in total. The summed E-state index contributed by atoms with van der Waals surface area (Å²) in [7, 11) is 0. The van der Waals surface area contributed by atoms with Crippen LogP contribution in [0.25, 0.3) is 0 Å². The smallest absolute Gasteiger partial charge is 0.311 e. The zero-order valence-corrected chi connectivity index (χ0v) is 17.8. The first-order valence-corrected chi connectivity index (χ1v) is 11.0. The summed E-state index contributed by atoms with van der Waals surface area (Å²) in [5.41, 5.74) is 1.27. The molecule has 0 aromatic rings. The molecule has 0 saturated heterocycles. The maximum atomic E-state index is 12.5. The van der Waals surface area contributed by atoms with Gasteiger partial charge in [-0.25, -0.2) is 0 Å². The zero-order valence-electron chi connectivity index (χ0n) is 17.8. The van der Waals surface area contributed by atoms with Crippen LogP contribution in [0.5, 0.6) is 0 Å². The van der Waals surface area contributed by atoms with Gasteiger partial charge in [-0.1, -0.05) is 25.5 Å². The van der Waals surface area contributed by atoms with Gasteiger partial charge in [0, 0.05) is 18.3 Å². The molecule has 27 heavy (non-hydrogen) atoms. The standard InChI is InChI=1S/C24H36O3/c1-22(2,3)21(26)27-16-10-12-23(4)15(14-16)6-7-17-18-8-9-20(25)24(18,5)13-11-19(17)23/h6,16-19H,7-14H2,1-5H3. The molecule has 0 spiro atoms. The third-order valence-electron chi connectivity index (χ3n) is 8.65. The highest BCUT2D eigenvalue weighted by molar-refractivity contribution is 5.87. The SMILES string of the molecule is CC(C)(C)C(=O)OC1CCC2(C)C(=CCC3C4CCC(=O)C4(C)CCC32)C1. The van der Waals surface area contributed by atoms with Crippen LogP contribution in [0.1, 0.15) is 86.0 Å². The van der Waals surface area contributed by atoms with E-state index >= 15 is 0 Å². The van der Waals surface area contributed by atoms with Crippen LogP contribution in [0.3, 0.4) is 0 Å². The maximum Gasteiger partial charge on any atom is 0.311 e. The average Bonchev–Trinajstić information content (AvgIpc) is 2.89. The summed E-state index contributed by atoms with van der Waals surface area (Å²) in [6, 6.07) is 0. The summed E-state index contributed by atoms with van der Waals surface area (Å²) >= 11 is 0. The quantitative estimate of drug-likeness (QED) is 0.452. The molecule has 4 aliphatic carbocycles. The van der Waals surface area contributed by atoms with E-state index in [2.05, 4.69) is 19.9 Å². The molecule has 0 amide bonds. The Hall–Kier alpha value is -1.12. The maximum absolute atomic E-state index is 12.5. The van der Waals surface area contributed by atoms with Gasteiger partial charge in [0.25, 0.3) is 0 Å². The van der Waals surface area contributed by atoms with Gasteiger partial charge >= 0.3 is 5.97 Å². The van der Waals surface area contributed by atoms with Crippen LogP contribution in [0.15, 0.2) is 11.6 Å². The van der Waals surface area contributed by atoms with Crippen molar-refractivity contribution in [2.45, 2.75) is 92.1 Å². The summed E-state index contributed by atoms with van der Waals surface area (Å²) in [5.74, 6) is 2.38. The lowest BCUT2D eigenvalue weighted by atomic mass is 9.48. The molecule has 6 atom stereocenters. The number of carbonyl (C=O) groups excluding carboxylic acids is 2. The summed E-state index contributed by atoms with van der Waals surface area (Å²) in [4.78, 5) is 24.8. The fourth-order valence-electron chi connectivity index (χ4n) is 6.83. The first kappa shape index (κ1) is 19.2. The van der Waals surface area contributed by atoms with Crippen molar-refractivity contribution in [3.05, 3.63) is 11.6 Å². The van der Waals surface area contributed by atoms with E-state index in [0.29, 0.717) is 23.5 Å². The normalized spacial score (nSPS) is 44.0. The van der Waals surface area contributed by atoms with Crippen molar-refractivity contribution in [1.82, 2.24) is 0 Å². The monoisotopic (exact) mass is 372 g/mol. The number of ether oxygens (including phenoxy) is 1. The van der Waals surface area contributed by atoms with Gasteiger partial charge in [-0.05, 0) is 82.5 Å². The molecule has 0 radical (unpaired) electrons. The molecule has 3 heteroatoms. The van der Waals surface area contributed by atoms with Crippen LogP contribution in [0.4, 0.5) is 0 Å². The van der Waals surface area contributed by atoms with Gasteiger partial charge in [0.1, 0.15) is 11.9 Å². The Kier molecular flexibility index (Phi) is 4.40. The Balaban J connectivity index is 1.53. The number of fused-ring (bicyclic) bond motifs is 5. The number of rotatable bonds is 1. The van der Waals surface area contributed by atoms with Crippen LogP contribution in [0, 0.1) is 34.0 Å². The number of esters is 1. The van der Waals surface area contributed by atoms with E-state index < -0.39 is 5.41 Å². The lowest BCUT2D eigenvalue weighted by molar-refractivity contribution is -0.160. The highest BCUT2D eigenvalue weighted by Gasteiger charge is 2.58. The largest absolute Gasteiger partial charge is 0.462 e. The van der Waals surface area contributed by atoms with Gasteiger partial charge in [0.2, 0.25) is 0 Å². The van der Waals surface area contributed by atoms with Crippen LogP contribution in [0.2, 0.25) is 0 Å². The summed E-state index contributed by atoms with van der Waals surface area (Å²) in [5, 5.41) is 0. The summed E-state index contributed by atoms with van der Waals surface area (Å²) < 4.78 is 5.86. The second kappa shape index (κ2) is 6.19. The lowest BCUT2D eigenvalue weighted by Crippen LogP contribution is -2.50. The molecular formula is C24H36O3. The minimum absolute atomic E-state index is 0.0366. The van der Waals surface area contributed by atoms with Gasteiger partial charge in [-0.2, -0.15) is 0 Å². The molecule has 0 bridgehead atoms. The molecule has 6 unspecified atom stereocenters. The van der Waals surface area contributed by atoms with Gasteiger partial charge in [-0.3, -0.25) is 9.59 Å². The predicted molar refractivity (Wildman–Crippen MR) is 106 cm³/mol. The molecule has 3 saturated carbocycles. The molecule has 4 rings (SSSR count). The highest BCUT2D eigenvalue weighted by Crippen LogP contribution is 2.64. The number of hydrogen-bond acceptors (Lipinski definition) is 3. The van der Waals surface area contributed by atoms with Gasteiger partial charge in [0.15, 0.2) is 0 Å². The van der Waals surface area contributed by atoms with Crippen molar-refractivity contribution in [2.75, 3.05) is 0 Å².